The van der Waals surface area contributed by atoms with Gasteiger partial charge in [-0.05, 0) is 64.4 Å². The summed E-state index contributed by atoms with van der Waals surface area (Å²) in [6, 6.07) is 4.63. The van der Waals surface area contributed by atoms with Gasteiger partial charge in [0.2, 0.25) is 0 Å². The maximum atomic E-state index is 13.0. The smallest absolute Gasteiger partial charge is 0.349 e. The SMILES string of the molecule is Cc1cnc(C(=O)NCC(C)(C)S(=O)(=O)c2cccc(C(F)(F)F)c2)c(S(=O)(=O)C(C)C)c1. The number of alkyl halides is 3. The van der Waals surface area contributed by atoms with E-state index in [2.05, 4.69) is 10.3 Å². The van der Waals surface area contributed by atoms with Gasteiger partial charge < -0.3 is 5.32 Å². The number of aryl methyl sites for hydroxylation is 1. The lowest BCUT2D eigenvalue weighted by Crippen LogP contribution is -2.44. The van der Waals surface area contributed by atoms with Gasteiger partial charge in [-0.3, -0.25) is 4.79 Å². The van der Waals surface area contributed by atoms with Crippen LogP contribution < -0.4 is 5.32 Å². The van der Waals surface area contributed by atoms with Gasteiger partial charge in [0, 0.05) is 12.7 Å². The summed E-state index contributed by atoms with van der Waals surface area (Å²) >= 11 is 0. The Morgan fingerprint density at radius 3 is 2.24 bits per heavy atom. The van der Waals surface area contributed by atoms with Gasteiger partial charge in [0.25, 0.3) is 5.91 Å². The number of aromatic nitrogens is 1. The van der Waals surface area contributed by atoms with E-state index in [9.17, 15) is 34.8 Å². The maximum Gasteiger partial charge on any atom is 0.416 e. The number of nitrogens with zero attached hydrogens (tertiary/aromatic N) is 1. The number of sulfone groups is 2. The van der Waals surface area contributed by atoms with E-state index in [1.807, 2.05) is 0 Å². The summed E-state index contributed by atoms with van der Waals surface area (Å²) in [6.45, 7) is 6.50. The number of halogens is 3. The number of pyridine rings is 1. The first-order valence-electron chi connectivity index (χ1n) is 9.82. The van der Waals surface area contributed by atoms with Crippen molar-refractivity contribution >= 4 is 25.6 Å². The van der Waals surface area contributed by atoms with Crippen molar-refractivity contribution in [1.29, 1.82) is 0 Å². The van der Waals surface area contributed by atoms with Crippen molar-refractivity contribution < 1.29 is 34.8 Å². The molecule has 0 atom stereocenters. The molecule has 1 aromatic carbocycles. The van der Waals surface area contributed by atoms with Gasteiger partial charge in [0.1, 0.15) is 5.69 Å². The van der Waals surface area contributed by atoms with E-state index < -0.39 is 58.8 Å². The highest BCUT2D eigenvalue weighted by Crippen LogP contribution is 2.33. The van der Waals surface area contributed by atoms with Crippen molar-refractivity contribution in [3.05, 3.63) is 53.3 Å². The molecule has 0 aliphatic rings. The Kier molecular flexibility index (Phi) is 7.35. The molecule has 2 aromatic rings. The lowest BCUT2D eigenvalue weighted by molar-refractivity contribution is -0.137. The predicted octanol–water partition coefficient (Wildman–Crippen LogP) is 3.57. The zero-order valence-corrected chi connectivity index (χ0v) is 20.3. The van der Waals surface area contributed by atoms with Crippen LogP contribution in [0.1, 0.15) is 49.3 Å². The molecule has 12 heteroatoms. The zero-order chi connectivity index (χ0) is 25.4. The fraction of sp³-hybridized carbons (Fsp3) is 0.429. The quantitative estimate of drug-likeness (QED) is 0.615. The average Bonchev–Trinajstić information content (AvgIpc) is 2.71. The molecule has 0 saturated heterocycles. The summed E-state index contributed by atoms with van der Waals surface area (Å²) in [4.78, 5) is 15.8. The summed E-state index contributed by atoms with van der Waals surface area (Å²) < 4.78 is 88.6. The van der Waals surface area contributed by atoms with Crippen molar-refractivity contribution in [2.75, 3.05) is 6.54 Å². The predicted molar refractivity (Wildman–Crippen MR) is 116 cm³/mol. The number of rotatable bonds is 7. The lowest BCUT2D eigenvalue weighted by Gasteiger charge is -2.26. The first-order valence-corrected chi connectivity index (χ1v) is 12.8. The van der Waals surface area contributed by atoms with Crippen molar-refractivity contribution in [1.82, 2.24) is 10.3 Å². The van der Waals surface area contributed by atoms with Gasteiger partial charge in [0.05, 0.1) is 25.4 Å². The standard InChI is InChI=1S/C21H25F3N2O5S2/c1-13(2)32(28,29)17-9-14(3)11-25-18(17)19(27)26-12-20(4,5)33(30,31)16-8-6-7-15(10-16)21(22,23)24/h6-11,13H,12H2,1-5H3,(H,26,27). The third-order valence-electron chi connectivity index (χ3n) is 5.01. The number of hydrogen-bond acceptors (Lipinski definition) is 6. The third-order valence-corrected chi connectivity index (χ3v) is 9.64. The number of nitrogens with one attached hydrogen (secondary N) is 1. The molecule has 0 aliphatic heterocycles. The maximum absolute atomic E-state index is 13.0. The van der Waals surface area contributed by atoms with Crippen LogP contribution in [0.15, 0.2) is 46.3 Å². The molecule has 1 aromatic heterocycles. The van der Waals surface area contributed by atoms with Gasteiger partial charge in [-0.15, -0.1) is 0 Å². The highest BCUT2D eigenvalue weighted by atomic mass is 32.2. The minimum absolute atomic E-state index is 0.284. The van der Waals surface area contributed by atoms with Crippen LogP contribution in [-0.2, 0) is 25.9 Å². The van der Waals surface area contributed by atoms with E-state index in [4.69, 9.17) is 0 Å². The normalized spacial score (nSPS) is 13.2. The van der Waals surface area contributed by atoms with E-state index in [1.54, 1.807) is 6.92 Å². The van der Waals surface area contributed by atoms with E-state index in [0.29, 0.717) is 11.6 Å². The molecule has 2 rings (SSSR count). The Labute approximate surface area is 191 Å². The highest BCUT2D eigenvalue weighted by Gasteiger charge is 2.39. The van der Waals surface area contributed by atoms with Gasteiger partial charge in [0.15, 0.2) is 19.7 Å². The van der Waals surface area contributed by atoms with Crippen molar-refractivity contribution in [3.63, 3.8) is 0 Å². The Morgan fingerprint density at radius 1 is 1.09 bits per heavy atom. The molecule has 182 valence electrons. The molecule has 1 N–H and O–H groups in total. The molecule has 0 bridgehead atoms. The van der Waals surface area contributed by atoms with Crippen LogP contribution in [-0.4, -0.2) is 44.3 Å². The Hall–Kier alpha value is -2.47. The topological polar surface area (TPSA) is 110 Å². The molecule has 0 saturated carbocycles. The van der Waals surface area contributed by atoms with Gasteiger partial charge in [-0.25, -0.2) is 21.8 Å². The zero-order valence-electron chi connectivity index (χ0n) is 18.7. The molecule has 1 amide bonds. The lowest BCUT2D eigenvalue weighted by atomic mass is 10.2. The van der Waals surface area contributed by atoms with Crippen LogP contribution >= 0.6 is 0 Å². The van der Waals surface area contributed by atoms with Crippen LogP contribution in [0, 0.1) is 6.92 Å². The third kappa shape index (κ3) is 5.55. The fourth-order valence-corrected chi connectivity index (χ4v) is 5.53. The van der Waals surface area contributed by atoms with Crippen LogP contribution in [0.3, 0.4) is 0 Å². The second kappa shape index (κ2) is 9.05. The molecule has 0 fully saturated rings. The van der Waals surface area contributed by atoms with Crippen LogP contribution in [0.2, 0.25) is 0 Å². The van der Waals surface area contributed by atoms with Crippen LogP contribution in [0.5, 0.6) is 0 Å². The Balaban J connectivity index is 2.36. The Morgan fingerprint density at radius 2 is 1.70 bits per heavy atom. The number of benzene rings is 1. The number of amides is 1. The molecular formula is C21H25F3N2O5S2. The molecule has 0 radical (unpaired) electrons. The van der Waals surface area contributed by atoms with Crippen molar-refractivity contribution in [2.45, 2.75) is 60.6 Å². The fourth-order valence-electron chi connectivity index (χ4n) is 2.81. The van der Waals surface area contributed by atoms with Crippen LogP contribution in [0.4, 0.5) is 13.2 Å². The van der Waals surface area contributed by atoms with E-state index in [0.717, 1.165) is 18.2 Å². The molecule has 0 unspecified atom stereocenters. The summed E-state index contributed by atoms with van der Waals surface area (Å²) in [5.74, 6) is -0.915. The molecule has 0 spiro atoms. The molecule has 7 nitrogen and oxygen atoms in total. The number of carbonyl (C=O) groups is 1. The van der Waals surface area contributed by atoms with E-state index >= 15 is 0 Å². The summed E-state index contributed by atoms with van der Waals surface area (Å²) in [5, 5.41) is 1.54. The largest absolute Gasteiger partial charge is 0.416 e. The average molecular weight is 507 g/mol. The Bertz CT molecular complexity index is 1270. The second-order valence-electron chi connectivity index (χ2n) is 8.42. The first-order chi connectivity index (χ1) is 14.9. The van der Waals surface area contributed by atoms with E-state index in [-0.39, 0.29) is 10.6 Å². The minimum atomic E-state index is -4.72. The van der Waals surface area contributed by atoms with Crippen molar-refractivity contribution in [2.24, 2.45) is 0 Å². The second-order valence-corrected chi connectivity index (χ2v) is 13.5. The summed E-state index contributed by atoms with van der Waals surface area (Å²) in [7, 11) is -8.18. The van der Waals surface area contributed by atoms with Gasteiger partial charge in [-0.1, -0.05) is 6.07 Å². The molecule has 33 heavy (non-hydrogen) atoms. The van der Waals surface area contributed by atoms with Crippen molar-refractivity contribution in [3.8, 4) is 0 Å². The number of hydrogen-bond donors (Lipinski definition) is 1. The van der Waals surface area contributed by atoms with Gasteiger partial charge >= 0.3 is 6.18 Å². The summed E-state index contributed by atoms with van der Waals surface area (Å²) in [5.41, 5.74) is -0.990. The first kappa shape index (κ1) is 26.8. The summed E-state index contributed by atoms with van der Waals surface area (Å²) in [6.07, 6.45) is -3.42. The molecule has 0 aliphatic carbocycles. The number of carbonyl (C=O) groups excluding carboxylic acids is 1. The van der Waals surface area contributed by atoms with Gasteiger partial charge in [-0.2, -0.15) is 13.2 Å². The monoisotopic (exact) mass is 506 g/mol. The molecule has 1 heterocycles. The minimum Gasteiger partial charge on any atom is -0.349 e. The van der Waals surface area contributed by atoms with E-state index in [1.165, 1.54) is 40.0 Å². The highest BCUT2D eigenvalue weighted by molar-refractivity contribution is 7.93. The van der Waals surface area contributed by atoms with Crippen LogP contribution in [0.25, 0.3) is 0 Å². The molecular weight excluding hydrogens is 481 g/mol.